The third-order valence-corrected chi connectivity index (χ3v) is 6.47. The van der Waals surface area contributed by atoms with Crippen molar-refractivity contribution >= 4 is 29.0 Å². The molecule has 2 heterocycles. The number of hydrogen-bond donors (Lipinski definition) is 1. The van der Waals surface area contributed by atoms with Crippen LogP contribution in [0.2, 0.25) is 0 Å². The van der Waals surface area contributed by atoms with Crippen LogP contribution in [0.3, 0.4) is 0 Å². The molecule has 0 unspecified atom stereocenters. The third kappa shape index (κ3) is 6.17. The van der Waals surface area contributed by atoms with Crippen LogP contribution >= 0.6 is 11.8 Å². The zero-order valence-electron chi connectivity index (χ0n) is 19.0. The minimum Gasteiger partial charge on any atom is -0.483 e. The number of para-hydroxylation sites is 1. The molecule has 1 saturated heterocycles. The van der Waals surface area contributed by atoms with Crippen molar-refractivity contribution in [2.75, 3.05) is 29.1 Å². The van der Waals surface area contributed by atoms with Gasteiger partial charge in [0.25, 0.3) is 0 Å². The fourth-order valence-corrected chi connectivity index (χ4v) is 4.55. The molecule has 0 radical (unpaired) electrons. The molecule has 0 aliphatic carbocycles. The summed E-state index contributed by atoms with van der Waals surface area (Å²) in [6.07, 6.45) is 5.46. The van der Waals surface area contributed by atoms with E-state index in [1.54, 1.807) is 28.8 Å². The second-order valence-corrected chi connectivity index (χ2v) is 8.89. The molecule has 1 aromatic heterocycles. The van der Waals surface area contributed by atoms with E-state index in [0.717, 1.165) is 18.8 Å². The largest absolute Gasteiger partial charge is 0.483 e. The minimum absolute atomic E-state index is 0.0535. The summed E-state index contributed by atoms with van der Waals surface area (Å²) < 4.78 is 21.2. The van der Waals surface area contributed by atoms with Crippen LogP contribution in [0.25, 0.3) is 0 Å². The van der Waals surface area contributed by atoms with Crippen molar-refractivity contribution < 1.29 is 13.9 Å². The molecule has 178 valence electrons. The normalized spacial score (nSPS) is 13.5. The van der Waals surface area contributed by atoms with Crippen LogP contribution in [-0.4, -0.2) is 39.5 Å². The van der Waals surface area contributed by atoms with Crippen molar-refractivity contribution in [2.24, 2.45) is 0 Å². The maximum absolute atomic E-state index is 13.8. The summed E-state index contributed by atoms with van der Waals surface area (Å²) in [5.41, 5.74) is 1.95. The molecule has 0 atom stereocenters. The molecule has 2 aromatic carbocycles. The zero-order valence-corrected chi connectivity index (χ0v) is 19.8. The van der Waals surface area contributed by atoms with Gasteiger partial charge in [0.15, 0.2) is 22.5 Å². The Balaban J connectivity index is 1.32. The number of nitrogens with one attached hydrogen (secondary N) is 1. The minimum atomic E-state index is -0.437. The molecule has 1 fully saturated rings. The average Bonchev–Trinajstić information content (AvgIpc) is 3.25. The predicted octanol–water partition coefficient (Wildman–Crippen LogP) is 4.90. The van der Waals surface area contributed by atoms with E-state index >= 15 is 0 Å². The van der Waals surface area contributed by atoms with Crippen molar-refractivity contribution in [2.45, 2.75) is 37.6 Å². The van der Waals surface area contributed by atoms with Gasteiger partial charge < -0.3 is 15.0 Å². The summed E-state index contributed by atoms with van der Waals surface area (Å²) in [4.78, 5) is 14.9. The molecule has 0 spiro atoms. The number of halogens is 1. The van der Waals surface area contributed by atoms with Crippen molar-refractivity contribution in [3.63, 3.8) is 0 Å². The summed E-state index contributed by atoms with van der Waals surface area (Å²) in [6, 6.07) is 14.2. The number of ether oxygens (including phenoxy) is 1. The van der Waals surface area contributed by atoms with E-state index in [2.05, 4.69) is 39.1 Å². The highest BCUT2D eigenvalue weighted by Crippen LogP contribution is 2.23. The number of rotatable bonds is 10. The molecular formula is C25H28FN5O2S. The van der Waals surface area contributed by atoms with Crippen LogP contribution in [-0.2, 0) is 17.9 Å². The SMILES string of the molecule is C=CCn1c(COc2ccccc2F)nnc1SCC(=O)Nc1ccc(N2CCCCC2)cc1. The number of piperidine rings is 1. The van der Waals surface area contributed by atoms with E-state index in [1.807, 2.05) is 12.1 Å². The number of amides is 1. The Kier molecular flexibility index (Phi) is 8.19. The second kappa shape index (κ2) is 11.7. The van der Waals surface area contributed by atoms with E-state index in [0.29, 0.717) is 17.5 Å². The zero-order chi connectivity index (χ0) is 23.8. The topological polar surface area (TPSA) is 72.3 Å². The standard InChI is InChI=1S/C25H28FN5O2S/c1-2-14-31-23(17-33-22-9-5-4-8-21(22)26)28-29-25(31)34-18-24(32)27-19-10-12-20(13-11-19)30-15-6-3-7-16-30/h2,4-5,8-13H,1,3,6-7,14-18H2,(H,27,32). The predicted molar refractivity (Wildman–Crippen MR) is 133 cm³/mol. The van der Waals surface area contributed by atoms with Gasteiger partial charge in [-0.05, 0) is 55.7 Å². The number of anilines is 2. The van der Waals surface area contributed by atoms with Gasteiger partial charge in [-0.15, -0.1) is 16.8 Å². The summed E-state index contributed by atoms with van der Waals surface area (Å²) in [7, 11) is 0. The van der Waals surface area contributed by atoms with Gasteiger partial charge in [0.2, 0.25) is 5.91 Å². The first-order valence-electron chi connectivity index (χ1n) is 11.3. The van der Waals surface area contributed by atoms with Crippen molar-refractivity contribution in [3.05, 3.63) is 72.8 Å². The van der Waals surface area contributed by atoms with Gasteiger partial charge in [-0.1, -0.05) is 30.0 Å². The van der Waals surface area contributed by atoms with Crippen molar-refractivity contribution in [1.82, 2.24) is 14.8 Å². The van der Waals surface area contributed by atoms with Gasteiger partial charge in [0.05, 0.1) is 5.75 Å². The molecule has 34 heavy (non-hydrogen) atoms. The Hall–Kier alpha value is -3.33. The molecule has 1 N–H and O–H groups in total. The number of aromatic nitrogens is 3. The van der Waals surface area contributed by atoms with Crippen molar-refractivity contribution in [3.8, 4) is 5.75 Å². The number of allylic oxidation sites excluding steroid dienone is 1. The molecule has 9 heteroatoms. The summed E-state index contributed by atoms with van der Waals surface area (Å²) >= 11 is 1.28. The van der Waals surface area contributed by atoms with E-state index in [-0.39, 0.29) is 24.0 Å². The highest BCUT2D eigenvalue weighted by atomic mass is 32.2. The molecule has 1 aliphatic rings. The Labute approximate surface area is 203 Å². The maximum Gasteiger partial charge on any atom is 0.234 e. The molecular weight excluding hydrogens is 453 g/mol. The monoisotopic (exact) mass is 481 g/mol. The number of hydrogen-bond acceptors (Lipinski definition) is 6. The van der Waals surface area contributed by atoms with E-state index in [9.17, 15) is 9.18 Å². The molecule has 3 aromatic rings. The fourth-order valence-electron chi connectivity index (χ4n) is 3.78. The molecule has 0 bridgehead atoms. The van der Waals surface area contributed by atoms with E-state index in [1.165, 1.54) is 42.8 Å². The van der Waals surface area contributed by atoms with E-state index in [4.69, 9.17) is 4.74 Å². The smallest absolute Gasteiger partial charge is 0.234 e. The number of nitrogens with zero attached hydrogens (tertiary/aromatic N) is 4. The third-order valence-electron chi connectivity index (χ3n) is 5.50. The highest BCUT2D eigenvalue weighted by molar-refractivity contribution is 7.99. The van der Waals surface area contributed by atoms with Gasteiger partial charge in [-0.3, -0.25) is 9.36 Å². The van der Waals surface area contributed by atoms with Gasteiger partial charge in [-0.2, -0.15) is 0 Å². The van der Waals surface area contributed by atoms with Gasteiger partial charge in [-0.25, -0.2) is 4.39 Å². The Bertz CT molecular complexity index is 1110. The second-order valence-electron chi connectivity index (χ2n) is 7.95. The van der Waals surface area contributed by atoms with Crippen LogP contribution in [0, 0.1) is 5.82 Å². The number of carbonyl (C=O) groups is 1. The lowest BCUT2D eigenvalue weighted by Gasteiger charge is -2.28. The molecule has 4 rings (SSSR count). The quantitative estimate of drug-likeness (QED) is 0.328. The maximum atomic E-state index is 13.8. The summed E-state index contributed by atoms with van der Waals surface area (Å²) in [5.74, 6) is 0.285. The van der Waals surface area contributed by atoms with Gasteiger partial charge in [0, 0.05) is 31.0 Å². The Morgan fingerprint density at radius 1 is 1.12 bits per heavy atom. The van der Waals surface area contributed by atoms with Gasteiger partial charge >= 0.3 is 0 Å². The lowest BCUT2D eigenvalue weighted by molar-refractivity contribution is -0.113. The lowest BCUT2D eigenvalue weighted by Crippen LogP contribution is -2.29. The number of benzene rings is 2. The molecule has 1 aliphatic heterocycles. The highest BCUT2D eigenvalue weighted by Gasteiger charge is 2.15. The molecule has 0 saturated carbocycles. The molecule has 1 amide bonds. The van der Waals surface area contributed by atoms with Crippen LogP contribution in [0.5, 0.6) is 5.75 Å². The van der Waals surface area contributed by atoms with Crippen LogP contribution in [0.4, 0.5) is 15.8 Å². The Morgan fingerprint density at radius 2 is 1.88 bits per heavy atom. The van der Waals surface area contributed by atoms with Crippen LogP contribution < -0.4 is 15.0 Å². The molecule has 7 nitrogen and oxygen atoms in total. The number of carbonyl (C=O) groups excluding carboxylic acids is 1. The van der Waals surface area contributed by atoms with E-state index < -0.39 is 5.82 Å². The fraction of sp³-hybridized carbons (Fsp3) is 0.320. The van der Waals surface area contributed by atoms with Crippen LogP contribution in [0.1, 0.15) is 25.1 Å². The van der Waals surface area contributed by atoms with Gasteiger partial charge in [0.1, 0.15) is 6.61 Å². The first-order valence-corrected chi connectivity index (χ1v) is 12.3. The van der Waals surface area contributed by atoms with Crippen molar-refractivity contribution in [1.29, 1.82) is 0 Å². The summed E-state index contributed by atoms with van der Waals surface area (Å²) in [6.45, 7) is 6.44. The summed E-state index contributed by atoms with van der Waals surface area (Å²) in [5, 5.41) is 11.8. The Morgan fingerprint density at radius 3 is 2.62 bits per heavy atom. The average molecular weight is 482 g/mol. The lowest BCUT2D eigenvalue weighted by atomic mass is 10.1. The first-order chi connectivity index (χ1) is 16.6. The van der Waals surface area contributed by atoms with Crippen LogP contribution in [0.15, 0.2) is 66.3 Å². The first kappa shape index (κ1) is 23.8. The number of thioether (sulfide) groups is 1.